The van der Waals surface area contributed by atoms with Crippen molar-refractivity contribution >= 4 is 39.9 Å². The number of rotatable bonds is 5. The van der Waals surface area contributed by atoms with Crippen molar-refractivity contribution in [3.63, 3.8) is 0 Å². The smallest absolute Gasteiger partial charge is 0.163 e. The summed E-state index contributed by atoms with van der Waals surface area (Å²) in [4.78, 5) is 20.0. The highest BCUT2D eigenvalue weighted by Crippen LogP contribution is 2.38. The molecule has 30 heavy (non-hydrogen) atoms. The Morgan fingerprint density at radius 3 is 2.67 bits per heavy atom. The molecule has 1 atom stereocenters. The zero-order valence-electron chi connectivity index (χ0n) is 16.8. The lowest BCUT2D eigenvalue weighted by Crippen LogP contribution is -2.59. The highest BCUT2D eigenvalue weighted by Gasteiger charge is 2.46. The van der Waals surface area contributed by atoms with Crippen molar-refractivity contribution in [3.05, 3.63) is 69.3 Å². The molecule has 6 heteroatoms. The van der Waals surface area contributed by atoms with Crippen molar-refractivity contribution in [2.45, 2.75) is 31.2 Å². The normalized spacial score (nSPS) is 21.8. The zero-order valence-corrected chi connectivity index (χ0v) is 18.3. The number of aromatic nitrogens is 1. The van der Waals surface area contributed by atoms with E-state index in [2.05, 4.69) is 33.4 Å². The van der Waals surface area contributed by atoms with Crippen LogP contribution in [0.5, 0.6) is 0 Å². The fourth-order valence-corrected chi connectivity index (χ4v) is 5.41. The van der Waals surface area contributed by atoms with Gasteiger partial charge in [0.1, 0.15) is 5.54 Å². The van der Waals surface area contributed by atoms with Gasteiger partial charge < -0.3 is 9.88 Å². The number of Topliss-reactive ketones (excluding diaryl/α,β-unsaturated/α-hetero) is 1. The summed E-state index contributed by atoms with van der Waals surface area (Å²) in [6.07, 6.45) is 3.60. The first-order valence-electron chi connectivity index (χ1n) is 10.6. The van der Waals surface area contributed by atoms with Gasteiger partial charge in [0.25, 0.3) is 0 Å². The molecule has 0 spiro atoms. The Bertz CT molecular complexity index is 1100. The van der Waals surface area contributed by atoms with Gasteiger partial charge in [-0.3, -0.25) is 10.1 Å². The van der Waals surface area contributed by atoms with Crippen molar-refractivity contribution in [1.29, 1.82) is 0 Å². The average molecular weight is 442 g/mol. The summed E-state index contributed by atoms with van der Waals surface area (Å²) in [7, 11) is 0. The molecule has 1 aromatic heterocycles. The fourth-order valence-electron chi connectivity index (χ4n) is 5.09. The highest BCUT2D eigenvalue weighted by molar-refractivity contribution is 6.42. The molecule has 2 aromatic carbocycles. The van der Waals surface area contributed by atoms with Gasteiger partial charge >= 0.3 is 0 Å². The van der Waals surface area contributed by atoms with Crippen LogP contribution in [0, 0.1) is 0 Å². The predicted octanol–water partition coefficient (Wildman–Crippen LogP) is 4.72. The molecule has 0 bridgehead atoms. The number of aromatic amines is 1. The SMILES string of the molecule is O=C(Cc1ccc(Cl)c(Cl)c1)C1(CN2CCCC2)NCCc2[nH]c3ccccc3c21. The number of carbonyl (C=O) groups excluding carboxylic acids is 1. The largest absolute Gasteiger partial charge is 0.358 e. The number of nitrogens with one attached hydrogen (secondary N) is 2. The number of fused-ring (bicyclic) bond motifs is 3. The Balaban J connectivity index is 1.60. The number of ketones is 1. The molecule has 3 aromatic rings. The Labute approximate surface area is 186 Å². The first-order chi connectivity index (χ1) is 14.6. The van der Waals surface area contributed by atoms with Crippen LogP contribution in [0.1, 0.15) is 29.7 Å². The van der Waals surface area contributed by atoms with Crippen LogP contribution in [-0.4, -0.2) is 41.8 Å². The second-order valence-electron chi connectivity index (χ2n) is 8.44. The predicted molar refractivity (Wildman–Crippen MR) is 123 cm³/mol. The minimum atomic E-state index is -0.733. The van der Waals surface area contributed by atoms with E-state index in [0.717, 1.165) is 48.1 Å². The maximum atomic E-state index is 14.0. The Morgan fingerprint density at radius 1 is 1.07 bits per heavy atom. The minimum Gasteiger partial charge on any atom is -0.358 e. The maximum absolute atomic E-state index is 14.0. The standard InChI is InChI=1S/C24H25Cl2N3O/c25-18-8-7-16(13-19(18)26)14-22(30)24(15-29-11-3-4-12-29)23-17-5-1-2-6-20(17)28-21(23)9-10-27-24/h1-2,5-8,13,27-28H,3-4,9-12,14-15H2. The molecule has 4 nitrogen and oxygen atoms in total. The molecule has 156 valence electrons. The molecule has 1 saturated heterocycles. The number of likely N-dealkylation sites (tertiary alicyclic amines) is 1. The van der Waals surface area contributed by atoms with Crippen LogP contribution in [-0.2, 0) is 23.2 Å². The lowest BCUT2D eigenvalue weighted by Gasteiger charge is -2.40. The zero-order chi connectivity index (χ0) is 20.7. The third-order valence-corrected chi connectivity index (χ3v) is 7.24. The van der Waals surface area contributed by atoms with E-state index in [9.17, 15) is 4.79 Å². The van der Waals surface area contributed by atoms with Crippen LogP contribution in [0.2, 0.25) is 10.0 Å². The molecule has 0 radical (unpaired) electrons. The molecular formula is C24H25Cl2N3O. The number of benzene rings is 2. The van der Waals surface area contributed by atoms with Crippen LogP contribution in [0.4, 0.5) is 0 Å². The number of nitrogens with zero attached hydrogens (tertiary/aromatic N) is 1. The van der Waals surface area contributed by atoms with Crippen LogP contribution in [0.25, 0.3) is 10.9 Å². The first-order valence-corrected chi connectivity index (χ1v) is 11.4. The molecule has 2 aliphatic rings. The first kappa shape index (κ1) is 20.1. The van der Waals surface area contributed by atoms with Crippen LogP contribution < -0.4 is 5.32 Å². The average Bonchev–Trinajstić information content (AvgIpc) is 3.38. The quantitative estimate of drug-likeness (QED) is 0.601. The number of hydrogen-bond acceptors (Lipinski definition) is 3. The van der Waals surface area contributed by atoms with Gasteiger partial charge in [0.2, 0.25) is 0 Å². The molecule has 1 unspecified atom stereocenters. The van der Waals surface area contributed by atoms with Crippen molar-refractivity contribution < 1.29 is 4.79 Å². The van der Waals surface area contributed by atoms with Gasteiger partial charge in [-0.1, -0.05) is 47.5 Å². The summed E-state index contributed by atoms with van der Waals surface area (Å²) in [5.74, 6) is 0.179. The van der Waals surface area contributed by atoms with Gasteiger partial charge in [0, 0.05) is 48.1 Å². The summed E-state index contributed by atoms with van der Waals surface area (Å²) in [5.41, 5.74) is 3.56. The van der Waals surface area contributed by atoms with Gasteiger partial charge in [-0.25, -0.2) is 0 Å². The van der Waals surface area contributed by atoms with Crippen molar-refractivity contribution in [2.24, 2.45) is 0 Å². The number of H-pyrrole nitrogens is 1. The van der Waals surface area contributed by atoms with Gasteiger partial charge in [-0.2, -0.15) is 0 Å². The molecular weight excluding hydrogens is 417 g/mol. The van der Waals surface area contributed by atoms with Crippen molar-refractivity contribution in [3.8, 4) is 0 Å². The van der Waals surface area contributed by atoms with E-state index in [4.69, 9.17) is 23.2 Å². The topological polar surface area (TPSA) is 48.1 Å². The van der Waals surface area contributed by atoms with E-state index in [1.165, 1.54) is 18.5 Å². The molecule has 0 aliphatic carbocycles. The summed E-state index contributed by atoms with van der Waals surface area (Å²) in [6.45, 7) is 3.56. The van der Waals surface area contributed by atoms with Crippen LogP contribution in [0.3, 0.4) is 0 Å². The Kier molecular flexibility index (Phi) is 5.36. The summed E-state index contributed by atoms with van der Waals surface area (Å²) in [5, 5.41) is 5.80. The monoisotopic (exact) mass is 441 g/mol. The molecule has 5 rings (SSSR count). The summed E-state index contributed by atoms with van der Waals surface area (Å²) >= 11 is 12.3. The van der Waals surface area contributed by atoms with Gasteiger partial charge in [0.05, 0.1) is 10.0 Å². The highest BCUT2D eigenvalue weighted by atomic mass is 35.5. The minimum absolute atomic E-state index is 0.179. The lowest BCUT2D eigenvalue weighted by molar-refractivity contribution is -0.126. The fraction of sp³-hybridized carbons (Fsp3) is 0.375. The van der Waals surface area contributed by atoms with Crippen LogP contribution >= 0.6 is 23.2 Å². The number of halogens is 2. The van der Waals surface area contributed by atoms with Crippen LogP contribution in [0.15, 0.2) is 42.5 Å². The van der Waals surface area contributed by atoms with Gasteiger partial charge in [-0.15, -0.1) is 0 Å². The number of hydrogen-bond donors (Lipinski definition) is 2. The summed E-state index contributed by atoms with van der Waals surface area (Å²) in [6, 6.07) is 13.8. The van der Waals surface area contributed by atoms with Crippen molar-refractivity contribution in [1.82, 2.24) is 15.2 Å². The third-order valence-electron chi connectivity index (χ3n) is 6.50. The second kappa shape index (κ2) is 8.01. The Morgan fingerprint density at radius 2 is 1.87 bits per heavy atom. The van der Waals surface area contributed by atoms with Gasteiger partial charge in [-0.05, 0) is 49.7 Å². The molecule has 2 N–H and O–H groups in total. The van der Waals surface area contributed by atoms with Gasteiger partial charge in [0.15, 0.2) is 5.78 Å². The molecule has 1 fully saturated rings. The molecule has 3 heterocycles. The van der Waals surface area contributed by atoms with E-state index in [0.29, 0.717) is 23.0 Å². The van der Waals surface area contributed by atoms with Crippen molar-refractivity contribution in [2.75, 3.05) is 26.2 Å². The van der Waals surface area contributed by atoms with E-state index in [-0.39, 0.29) is 5.78 Å². The molecule has 0 amide bonds. The van der Waals surface area contributed by atoms with E-state index in [1.807, 2.05) is 18.2 Å². The van der Waals surface area contributed by atoms with E-state index >= 15 is 0 Å². The number of para-hydroxylation sites is 1. The van der Waals surface area contributed by atoms with E-state index in [1.54, 1.807) is 6.07 Å². The number of carbonyl (C=O) groups is 1. The van der Waals surface area contributed by atoms with E-state index < -0.39 is 5.54 Å². The molecule has 0 saturated carbocycles. The molecule has 2 aliphatic heterocycles. The second-order valence-corrected chi connectivity index (χ2v) is 9.25. The lowest BCUT2D eigenvalue weighted by atomic mass is 9.78. The summed E-state index contributed by atoms with van der Waals surface area (Å²) < 4.78 is 0. The third kappa shape index (κ3) is 3.46. The Hall–Kier alpha value is -1.85. The maximum Gasteiger partial charge on any atom is 0.163 e.